The highest BCUT2D eigenvalue weighted by atomic mass is 35.5. The van der Waals surface area contributed by atoms with Gasteiger partial charge in [-0.1, -0.05) is 23.4 Å². The molecule has 0 aromatic carbocycles. The van der Waals surface area contributed by atoms with Crippen molar-refractivity contribution in [1.82, 2.24) is 19.7 Å². The average molecular weight is 420 g/mol. The SMILES string of the molecule is O=C(CSc1nnc(-c2ccco2)n1C[C@H]1CCCO1)Nc1ccc(Cl)cn1. The number of carbonyl (C=O) groups is 1. The van der Waals surface area contributed by atoms with Crippen molar-refractivity contribution in [2.75, 3.05) is 17.7 Å². The maximum Gasteiger partial charge on any atom is 0.236 e. The van der Waals surface area contributed by atoms with E-state index >= 15 is 0 Å². The molecule has 0 saturated carbocycles. The van der Waals surface area contributed by atoms with Crippen LogP contribution in [0, 0.1) is 0 Å². The van der Waals surface area contributed by atoms with Crippen LogP contribution in [0.5, 0.6) is 0 Å². The summed E-state index contributed by atoms with van der Waals surface area (Å²) in [5.74, 6) is 1.69. The summed E-state index contributed by atoms with van der Waals surface area (Å²) >= 11 is 7.11. The number of nitrogens with one attached hydrogen (secondary N) is 1. The van der Waals surface area contributed by atoms with Crippen molar-refractivity contribution in [2.24, 2.45) is 0 Å². The lowest BCUT2D eigenvalue weighted by atomic mass is 10.2. The molecule has 1 amide bonds. The molecule has 1 saturated heterocycles. The van der Waals surface area contributed by atoms with E-state index in [0.717, 1.165) is 19.4 Å². The number of thioether (sulfide) groups is 1. The Kier molecular flexibility index (Phi) is 5.94. The predicted octanol–water partition coefficient (Wildman–Crippen LogP) is 3.50. The summed E-state index contributed by atoms with van der Waals surface area (Å²) in [6.07, 6.45) is 5.22. The highest BCUT2D eigenvalue weighted by Crippen LogP contribution is 2.27. The molecule has 3 aromatic heterocycles. The molecule has 4 heterocycles. The van der Waals surface area contributed by atoms with Crippen LogP contribution in [0.3, 0.4) is 0 Å². The van der Waals surface area contributed by atoms with E-state index in [1.165, 1.54) is 18.0 Å². The van der Waals surface area contributed by atoms with Crippen LogP contribution in [0.4, 0.5) is 5.82 Å². The van der Waals surface area contributed by atoms with Crippen LogP contribution in [0.2, 0.25) is 5.02 Å². The minimum atomic E-state index is -0.189. The third-order valence-electron chi connectivity index (χ3n) is 4.20. The maximum absolute atomic E-state index is 12.3. The number of pyridine rings is 1. The van der Waals surface area contributed by atoms with Crippen molar-refractivity contribution in [1.29, 1.82) is 0 Å². The Morgan fingerprint density at radius 2 is 2.29 bits per heavy atom. The number of aromatic nitrogens is 4. The lowest BCUT2D eigenvalue weighted by Gasteiger charge is -2.13. The summed E-state index contributed by atoms with van der Waals surface area (Å²) in [7, 11) is 0. The van der Waals surface area contributed by atoms with Gasteiger partial charge in [-0.2, -0.15) is 0 Å². The van der Waals surface area contributed by atoms with Gasteiger partial charge in [0.25, 0.3) is 0 Å². The normalized spacial score (nSPS) is 16.4. The highest BCUT2D eigenvalue weighted by Gasteiger charge is 2.23. The Labute approximate surface area is 170 Å². The molecular weight excluding hydrogens is 402 g/mol. The van der Waals surface area contributed by atoms with Gasteiger partial charge in [-0.3, -0.25) is 9.36 Å². The summed E-state index contributed by atoms with van der Waals surface area (Å²) in [6, 6.07) is 6.97. The second-order valence-corrected chi connectivity index (χ2v) is 7.61. The van der Waals surface area contributed by atoms with Crippen molar-refractivity contribution >= 4 is 35.1 Å². The first-order valence-corrected chi connectivity index (χ1v) is 10.2. The number of amides is 1. The number of nitrogens with zero attached hydrogens (tertiary/aromatic N) is 4. The number of carbonyl (C=O) groups excluding carboxylic acids is 1. The summed E-state index contributed by atoms with van der Waals surface area (Å²) in [4.78, 5) is 16.3. The minimum absolute atomic E-state index is 0.108. The van der Waals surface area contributed by atoms with E-state index < -0.39 is 0 Å². The summed E-state index contributed by atoms with van der Waals surface area (Å²) in [6.45, 7) is 1.38. The van der Waals surface area contributed by atoms with Crippen molar-refractivity contribution in [3.05, 3.63) is 41.7 Å². The first kappa shape index (κ1) is 19.0. The molecule has 0 unspecified atom stereocenters. The van der Waals surface area contributed by atoms with E-state index in [-0.39, 0.29) is 17.8 Å². The fourth-order valence-electron chi connectivity index (χ4n) is 2.90. The second kappa shape index (κ2) is 8.76. The molecule has 1 aliphatic heterocycles. The van der Waals surface area contributed by atoms with Gasteiger partial charge in [-0.05, 0) is 37.1 Å². The molecule has 0 bridgehead atoms. The molecule has 146 valence electrons. The van der Waals surface area contributed by atoms with Crippen LogP contribution in [0.25, 0.3) is 11.6 Å². The number of rotatable bonds is 7. The van der Waals surface area contributed by atoms with E-state index in [0.29, 0.717) is 34.1 Å². The molecule has 0 spiro atoms. The molecule has 0 aliphatic carbocycles. The van der Waals surface area contributed by atoms with Gasteiger partial charge in [-0.15, -0.1) is 10.2 Å². The zero-order valence-electron chi connectivity index (χ0n) is 14.9. The summed E-state index contributed by atoms with van der Waals surface area (Å²) in [5, 5.41) is 12.4. The van der Waals surface area contributed by atoms with Gasteiger partial charge in [0.1, 0.15) is 5.82 Å². The minimum Gasteiger partial charge on any atom is -0.461 e. The topological polar surface area (TPSA) is 95.1 Å². The zero-order chi connectivity index (χ0) is 19.3. The molecule has 3 aromatic rings. The van der Waals surface area contributed by atoms with Crippen LogP contribution >= 0.6 is 23.4 Å². The molecule has 1 N–H and O–H groups in total. The number of ether oxygens (including phenoxy) is 1. The maximum atomic E-state index is 12.3. The molecule has 1 atom stereocenters. The van der Waals surface area contributed by atoms with Crippen molar-refractivity contribution in [2.45, 2.75) is 30.6 Å². The second-order valence-electron chi connectivity index (χ2n) is 6.23. The average Bonchev–Trinajstić information content (AvgIpc) is 3.44. The van der Waals surface area contributed by atoms with Gasteiger partial charge in [0, 0.05) is 12.8 Å². The van der Waals surface area contributed by atoms with E-state index in [1.807, 2.05) is 10.6 Å². The Hall–Kier alpha value is -2.36. The number of halogens is 1. The van der Waals surface area contributed by atoms with Crippen LogP contribution < -0.4 is 5.32 Å². The van der Waals surface area contributed by atoms with E-state index in [2.05, 4.69) is 20.5 Å². The molecular formula is C18H18ClN5O3S. The molecule has 1 fully saturated rings. The van der Waals surface area contributed by atoms with Gasteiger partial charge in [0.2, 0.25) is 11.7 Å². The van der Waals surface area contributed by atoms with Crippen LogP contribution in [-0.2, 0) is 16.1 Å². The zero-order valence-corrected chi connectivity index (χ0v) is 16.4. The molecule has 1 aliphatic rings. The van der Waals surface area contributed by atoms with Crippen LogP contribution in [0.1, 0.15) is 12.8 Å². The van der Waals surface area contributed by atoms with Crippen LogP contribution in [-0.4, -0.2) is 44.1 Å². The Morgan fingerprint density at radius 1 is 1.36 bits per heavy atom. The first-order chi connectivity index (χ1) is 13.7. The predicted molar refractivity (Wildman–Crippen MR) is 105 cm³/mol. The summed E-state index contributed by atoms with van der Waals surface area (Å²) in [5.41, 5.74) is 0. The lowest BCUT2D eigenvalue weighted by molar-refractivity contribution is -0.113. The monoisotopic (exact) mass is 419 g/mol. The van der Waals surface area contributed by atoms with E-state index in [4.69, 9.17) is 20.8 Å². The number of furan rings is 1. The Balaban J connectivity index is 1.45. The van der Waals surface area contributed by atoms with Crippen molar-refractivity contribution in [3.8, 4) is 11.6 Å². The summed E-state index contributed by atoms with van der Waals surface area (Å²) < 4.78 is 13.2. The number of hydrogen-bond donors (Lipinski definition) is 1. The van der Waals surface area contributed by atoms with E-state index in [1.54, 1.807) is 24.5 Å². The quantitative estimate of drug-likeness (QED) is 0.585. The number of hydrogen-bond acceptors (Lipinski definition) is 7. The van der Waals surface area contributed by atoms with Crippen molar-refractivity contribution in [3.63, 3.8) is 0 Å². The standard InChI is InChI=1S/C18H18ClN5O3S/c19-12-5-6-15(20-9-12)21-16(25)11-28-18-23-22-17(14-4-2-8-27-14)24(18)10-13-3-1-7-26-13/h2,4-6,8-9,13H,1,3,7,10-11H2,(H,20,21,25)/t13-/m1/s1. The molecule has 28 heavy (non-hydrogen) atoms. The van der Waals surface area contributed by atoms with Gasteiger partial charge in [0.15, 0.2) is 10.9 Å². The third-order valence-corrected chi connectivity index (χ3v) is 5.39. The number of anilines is 1. The smallest absolute Gasteiger partial charge is 0.236 e. The fourth-order valence-corrected chi connectivity index (χ4v) is 3.76. The molecule has 4 rings (SSSR count). The van der Waals surface area contributed by atoms with Gasteiger partial charge >= 0.3 is 0 Å². The lowest BCUT2D eigenvalue weighted by Crippen LogP contribution is -2.18. The Bertz CT molecular complexity index is 923. The van der Waals surface area contributed by atoms with Crippen molar-refractivity contribution < 1.29 is 13.9 Å². The van der Waals surface area contributed by atoms with Gasteiger partial charge in [-0.25, -0.2) is 4.98 Å². The largest absolute Gasteiger partial charge is 0.461 e. The highest BCUT2D eigenvalue weighted by molar-refractivity contribution is 7.99. The Morgan fingerprint density at radius 3 is 3.00 bits per heavy atom. The van der Waals surface area contributed by atoms with Gasteiger partial charge in [0.05, 0.1) is 29.7 Å². The molecule has 8 nitrogen and oxygen atoms in total. The van der Waals surface area contributed by atoms with E-state index in [9.17, 15) is 4.79 Å². The molecule has 10 heteroatoms. The third kappa shape index (κ3) is 4.54. The molecule has 0 radical (unpaired) electrons. The first-order valence-electron chi connectivity index (χ1n) is 8.82. The fraction of sp³-hybridized carbons (Fsp3) is 0.333. The van der Waals surface area contributed by atoms with Gasteiger partial charge < -0.3 is 14.5 Å². The van der Waals surface area contributed by atoms with Crippen LogP contribution in [0.15, 0.2) is 46.3 Å².